The Morgan fingerprint density at radius 3 is 2.18 bits per heavy atom. The molecule has 0 aromatic carbocycles. The van der Waals surface area contributed by atoms with E-state index in [1.54, 1.807) is 0 Å². The SMILES string of the molecule is CC(C)(C)C1CC2(CCN(C(C)(C)C)C2)CN1. The van der Waals surface area contributed by atoms with Crippen LogP contribution in [0.1, 0.15) is 54.4 Å². The van der Waals surface area contributed by atoms with Crippen LogP contribution in [0.25, 0.3) is 0 Å². The number of likely N-dealkylation sites (tertiary alicyclic amines) is 1. The number of nitrogens with zero attached hydrogens (tertiary/aromatic N) is 1. The maximum Gasteiger partial charge on any atom is 0.0125 e. The lowest BCUT2D eigenvalue weighted by atomic mass is 9.78. The first-order chi connectivity index (χ1) is 7.62. The minimum Gasteiger partial charge on any atom is -0.313 e. The zero-order valence-corrected chi connectivity index (χ0v) is 12.6. The van der Waals surface area contributed by atoms with E-state index in [1.807, 2.05) is 0 Å². The Bertz CT molecular complexity index is 252. The van der Waals surface area contributed by atoms with E-state index in [4.69, 9.17) is 0 Å². The predicted molar refractivity (Wildman–Crippen MR) is 74.2 cm³/mol. The Morgan fingerprint density at radius 1 is 1.12 bits per heavy atom. The monoisotopic (exact) mass is 238 g/mol. The van der Waals surface area contributed by atoms with Gasteiger partial charge in [0.1, 0.15) is 0 Å². The first-order valence-corrected chi connectivity index (χ1v) is 7.11. The molecule has 1 spiro atoms. The third-order valence-electron chi connectivity index (χ3n) is 4.79. The van der Waals surface area contributed by atoms with E-state index in [0.29, 0.717) is 22.4 Å². The van der Waals surface area contributed by atoms with Crippen LogP contribution in [0.2, 0.25) is 0 Å². The van der Waals surface area contributed by atoms with Crippen LogP contribution >= 0.6 is 0 Å². The first kappa shape index (κ1) is 13.4. The van der Waals surface area contributed by atoms with E-state index in [9.17, 15) is 0 Å². The Labute approximate surface area is 107 Å². The quantitative estimate of drug-likeness (QED) is 0.698. The van der Waals surface area contributed by atoms with Gasteiger partial charge in [-0.3, -0.25) is 4.90 Å². The van der Waals surface area contributed by atoms with Crippen molar-refractivity contribution < 1.29 is 0 Å². The molecule has 17 heavy (non-hydrogen) atoms. The average molecular weight is 238 g/mol. The molecule has 0 aromatic rings. The summed E-state index contributed by atoms with van der Waals surface area (Å²) in [6.07, 6.45) is 2.74. The minimum absolute atomic E-state index is 0.337. The molecular formula is C15H30N2. The van der Waals surface area contributed by atoms with Gasteiger partial charge in [0.15, 0.2) is 0 Å². The van der Waals surface area contributed by atoms with Crippen molar-refractivity contribution in [3.05, 3.63) is 0 Å². The second-order valence-corrected chi connectivity index (χ2v) is 8.35. The zero-order chi connectivity index (χ0) is 12.9. The highest BCUT2D eigenvalue weighted by molar-refractivity contribution is 5.04. The zero-order valence-electron chi connectivity index (χ0n) is 12.6. The third kappa shape index (κ3) is 2.68. The largest absolute Gasteiger partial charge is 0.313 e. The van der Waals surface area contributed by atoms with Crippen LogP contribution < -0.4 is 5.32 Å². The van der Waals surface area contributed by atoms with E-state index in [-0.39, 0.29) is 0 Å². The molecule has 2 saturated heterocycles. The first-order valence-electron chi connectivity index (χ1n) is 7.11. The summed E-state index contributed by atoms with van der Waals surface area (Å²) in [6.45, 7) is 17.9. The molecule has 0 bridgehead atoms. The average Bonchev–Trinajstić information content (AvgIpc) is 2.72. The van der Waals surface area contributed by atoms with Crippen molar-refractivity contribution in [1.82, 2.24) is 10.2 Å². The summed E-state index contributed by atoms with van der Waals surface area (Å²) in [5.74, 6) is 0. The molecule has 2 aliphatic heterocycles. The lowest BCUT2D eigenvalue weighted by Gasteiger charge is -2.34. The highest BCUT2D eigenvalue weighted by atomic mass is 15.2. The van der Waals surface area contributed by atoms with Crippen molar-refractivity contribution in [1.29, 1.82) is 0 Å². The topological polar surface area (TPSA) is 15.3 Å². The number of hydrogen-bond donors (Lipinski definition) is 1. The Morgan fingerprint density at radius 2 is 1.76 bits per heavy atom. The fourth-order valence-electron chi connectivity index (χ4n) is 3.35. The highest BCUT2D eigenvalue weighted by Crippen LogP contribution is 2.44. The fraction of sp³-hybridized carbons (Fsp3) is 1.00. The van der Waals surface area contributed by atoms with Crippen molar-refractivity contribution in [2.45, 2.75) is 66.0 Å². The summed E-state index contributed by atoms with van der Waals surface area (Å²) in [7, 11) is 0. The molecule has 0 saturated carbocycles. The van der Waals surface area contributed by atoms with Crippen LogP contribution in [0.15, 0.2) is 0 Å². The Balaban J connectivity index is 2.01. The van der Waals surface area contributed by atoms with E-state index in [1.165, 1.54) is 32.5 Å². The normalized spacial score (nSPS) is 36.0. The summed E-state index contributed by atoms with van der Waals surface area (Å²) in [5.41, 5.74) is 1.30. The fourth-order valence-corrected chi connectivity index (χ4v) is 3.35. The van der Waals surface area contributed by atoms with Gasteiger partial charge < -0.3 is 5.32 Å². The summed E-state index contributed by atoms with van der Waals surface area (Å²) in [5, 5.41) is 3.77. The van der Waals surface area contributed by atoms with Gasteiger partial charge in [-0.25, -0.2) is 0 Å². The summed E-state index contributed by atoms with van der Waals surface area (Å²) in [6, 6.07) is 0.697. The smallest absolute Gasteiger partial charge is 0.0125 e. The molecule has 2 fully saturated rings. The molecule has 100 valence electrons. The number of hydrogen-bond acceptors (Lipinski definition) is 2. The minimum atomic E-state index is 0.337. The Hall–Kier alpha value is -0.0800. The van der Waals surface area contributed by atoms with Crippen molar-refractivity contribution in [2.75, 3.05) is 19.6 Å². The van der Waals surface area contributed by atoms with Crippen LogP contribution in [-0.2, 0) is 0 Å². The van der Waals surface area contributed by atoms with E-state index >= 15 is 0 Å². The van der Waals surface area contributed by atoms with Gasteiger partial charge in [-0.15, -0.1) is 0 Å². The lowest BCUT2D eigenvalue weighted by Crippen LogP contribution is -2.41. The van der Waals surface area contributed by atoms with Gasteiger partial charge in [0, 0.05) is 24.7 Å². The third-order valence-corrected chi connectivity index (χ3v) is 4.79. The number of nitrogens with one attached hydrogen (secondary N) is 1. The maximum atomic E-state index is 3.77. The van der Waals surface area contributed by atoms with E-state index in [0.717, 1.165) is 0 Å². The van der Waals surface area contributed by atoms with Crippen LogP contribution in [0.3, 0.4) is 0 Å². The van der Waals surface area contributed by atoms with Crippen molar-refractivity contribution in [3.63, 3.8) is 0 Å². The summed E-state index contributed by atoms with van der Waals surface area (Å²) >= 11 is 0. The molecule has 1 N–H and O–H groups in total. The molecule has 0 radical (unpaired) electrons. The number of rotatable bonds is 0. The van der Waals surface area contributed by atoms with Gasteiger partial charge in [-0.2, -0.15) is 0 Å². The van der Waals surface area contributed by atoms with Crippen LogP contribution in [-0.4, -0.2) is 36.1 Å². The van der Waals surface area contributed by atoms with Gasteiger partial charge >= 0.3 is 0 Å². The van der Waals surface area contributed by atoms with E-state index in [2.05, 4.69) is 51.8 Å². The predicted octanol–water partition coefficient (Wildman–Crippen LogP) is 2.89. The molecule has 0 aliphatic carbocycles. The standard InChI is InChI=1S/C15H30N2/c1-13(2,3)12-9-15(10-16-12)7-8-17(11-15)14(4,5)6/h12,16H,7-11H2,1-6H3. The second-order valence-electron chi connectivity index (χ2n) is 8.35. The molecule has 0 aromatic heterocycles. The molecule has 2 rings (SSSR count). The summed E-state index contributed by atoms with van der Waals surface area (Å²) in [4.78, 5) is 2.67. The van der Waals surface area contributed by atoms with Crippen molar-refractivity contribution >= 4 is 0 Å². The van der Waals surface area contributed by atoms with Gasteiger partial charge in [-0.05, 0) is 51.0 Å². The van der Waals surface area contributed by atoms with Crippen LogP contribution in [0.5, 0.6) is 0 Å². The van der Waals surface area contributed by atoms with Crippen molar-refractivity contribution in [2.24, 2.45) is 10.8 Å². The molecule has 2 heteroatoms. The van der Waals surface area contributed by atoms with E-state index < -0.39 is 0 Å². The molecular weight excluding hydrogens is 208 g/mol. The molecule has 2 aliphatic rings. The lowest BCUT2D eigenvalue weighted by molar-refractivity contribution is 0.150. The molecule has 2 unspecified atom stereocenters. The molecule has 2 atom stereocenters. The molecule has 2 heterocycles. The van der Waals surface area contributed by atoms with Gasteiger partial charge in [-0.1, -0.05) is 20.8 Å². The summed E-state index contributed by atoms with van der Waals surface area (Å²) < 4.78 is 0. The maximum absolute atomic E-state index is 3.77. The van der Waals surface area contributed by atoms with Crippen molar-refractivity contribution in [3.8, 4) is 0 Å². The second kappa shape index (κ2) is 3.96. The van der Waals surface area contributed by atoms with Gasteiger partial charge in [0.2, 0.25) is 0 Å². The highest BCUT2D eigenvalue weighted by Gasteiger charge is 2.48. The van der Waals surface area contributed by atoms with Crippen LogP contribution in [0, 0.1) is 10.8 Å². The molecule has 2 nitrogen and oxygen atoms in total. The van der Waals surface area contributed by atoms with Gasteiger partial charge in [0.05, 0.1) is 0 Å². The Kier molecular flexibility index (Phi) is 3.11. The van der Waals surface area contributed by atoms with Gasteiger partial charge in [0.25, 0.3) is 0 Å². The van der Waals surface area contributed by atoms with Crippen LogP contribution in [0.4, 0.5) is 0 Å². The molecule has 0 amide bonds.